The molecule has 0 fully saturated rings. The summed E-state index contributed by atoms with van der Waals surface area (Å²) < 4.78 is 6.70. The number of carbonyl (C=O) groups excluding carboxylic acids is 1. The van der Waals surface area contributed by atoms with Gasteiger partial charge in [0, 0.05) is 15.2 Å². The topological polar surface area (TPSA) is 63.4 Å². The van der Waals surface area contributed by atoms with Gasteiger partial charge in [-0.05, 0) is 55.0 Å². The zero-order valence-electron chi connectivity index (χ0n) is 15.7. The van der Waals surface area contributed by atoms with E-state index in [-0.39, 0.29) is 11.2 Å². The lowest BCUT2D eigenvalue weighted by atomic mass is 9.98. The molecule has 0 N–H and O–H groups in total. The number of nitrogens with zero attached hydrogens (tertiary/aromatic N) is 2. The predicted molar refractivity (Wildman–Crippen MR) is 119 cm³/mol. The Morgan fingerprint density at radius 2 is 1.83 bits per heavy atom. The van der Waals surface area contributed by atoms with Gasteiger partial charge in [-0.25, -0.2) is 4.98 Å². The van der Waals surface area contributed by atoms with E-state index in [1.165, 1.54) is 4.90 Å². The number of pyridine rings is 1. The van der Waals surface area contributed by atoms with Crippen molar-refractivity contribution in [2.24, 2.45) is 0 Å². The fourth-order valence-electron chi connectivity index (χ4n) is 3.80. The predicted octanol–water partition coefficient (Wildman–Crippen LogP) is 5.66. The van der Waals surface area contributed by atoms with Crippen molar-refractivity contribution in [2.45, 2.75) is 13.0 Å². The molecule has 2 aromatic heterocycles. The lowest BCUT2D eigenvalue weighted by Gasteiger charge is -2.24. The fraction of sp³-hybridized carbons (Fsp3) is 0.0870. The van der Waals surface area contributed by atoms with Gasteiger partial charge in [-0.15, -0.1) is 0 Å². The average molecular weight is 482 g/mol. The van der Waals surface area contributed by atoms with Crippen LogP contribution in [0.3, 0.4) is 0 Å². The summed E-state index contributed by atoms with van der Waals surface area (Å²) >= 11 is 9.47. The third kappa shape index (κ3) is 2.95. The molecule has 1 amide bonds. The molecule has 1 unspecified atom stereocenters. The van der Waals surface area contributed by atoms with Crippen LogP contribution in [-0.2, 0) is 0 Å². The summed E-state index contributed by atoms with van der Waals surface area (Å²) in [6.45, 7) is 1.85. The van der Waals surface area contributed by atoms with Crippen LogP contribution in [0.4, 0.5) is 5.82 Å². The second-order valence-electron chi connectivity index (χ2n) is 7.08. The Balaban J connectivity index is 1.83. The first-order valence-electron chi connectivity index (χ1n) is 9.23. The zero-order chi connectivity index (χ0) is 21.0. The van der Waals surface area contributed by atoms with Gasteiger partial charge in [0.2, 0.25) is 5.76 Å². The Morgan fingerprint density at radius 1 is 1.07 bits per heavy atom. The van der Waals surface area contributed by atoms with Crippen LogP contribution in [0.1, 0.15) is 33.4 Å². The van der Waals surface area contributed by atoms with Crippen molar-refractivity contribution in [1.82, 2.24) is 4.98 Å². The van der Waals surface area contributed by atoms with E-state index in [1.807, 2.05) is 31.2 Å². The molecule has 148 valence electrons. The number of fused-ring (bicyclic) bond motifs is 2. The van der Waals surface area contributed by atoms with Crippen molar-refractivity contribution in [3.63, 3.8) is 0 Å². The van der Waals surface area contributed by atoms with E-state index in [0.29, 0.717) is 27.4 Å². The second-order valence-corrected chi connectivity index (χ2v) is 8.43. The Labute approximate surface area is 185 Å². The van der Waals surface area contributed by atoms with Crippen LogP contribution in [0.25, 0.3) is 11.0 Å². The van der Waals surface area contributed by atoms with Gasteiger partial charge in [0.1, 0.15) is 11.4 Å². The van der Waals surface area contributed by atoms with Crippen molar-refractivity contribution >= 4 is 50.2 Å². The summed E-state index contributed by atoms with van der Waals surface area (Å²) in [5.74, 6) is 0.0963. The third-order valence-corrected chi connectivity index (χ3v) is 5.88. The van der Waals surface area contributed by atoms with E-state index in [2.05, 4.69) is 20.9 Å². The van der Waals surface area contributed by atoms with Gasteiger partial charge in [-0.2, -0.15) is 0 Å². The normalized spacial score (nSPS) is 15.6. The van der Waals surface area contributed by atoms with Crippen LogP contribution in [0.2, 0.25) is 5.02 Å². The second kappa shape index (κ2) is 7.07. The Hall–Kier alpha value is -2.96. The number of aromatic nitrogens is 1. The SMILES string of the molecule is Cc1cccc(N2C(=O)c3oc4ccc(Br)cc4c(=O)c3C2c2ccc(Cl)cc2)n1. The van der Waals surface area contributed by atoms with Gasteiger partial charge in [-0.3, -0.25) is 14.5 Å². The largest absolute Gasteiger partial charge is 0.450 e. The van der Waals surface area contributed by atoms with E-state index in [9.17, 15) is 9.59 Å². The minimum Gasteiger partial charge on any atom is -0.450 e. The first kappa shape index (κ1) is 19.0. The van der Waals surface area contributed by atoms with Crippen molar-refractivity contribution in [2.75, 3.05) is 4.90 Å². The molecular formula is C23H14BrClN2O3. The molecule has 3 heterocycles. The van der Waals surface area contributed by atoms with Crippen molar-refractivity contribution < 1.29 is 9.21 Å². The first-order valence-corrected chi connectivity index (χ1v) is 10.4. The standard InChI is InChI=1S/C23H14BrClN2O3/c1-12-3-2-4-18(26-12)27-20(13-5-8-15(25)9-6-13)19-21(28)16-11-14(24)7-10-17(16)30-22(19)23(27)29/h2-11,20H,1H3. The Morgan fingerprint density at radius 3 is 2.57 bits per heavy atom. The maximum Gasteiger partial charge on any atom is 0.296 e. The molecule has 4 aromatic rings. The molecule has 1 aliphatic rings. The first-order chi connectivity index (χ1) is 14.4. The van der Waals surface area contributed by atoms with Crippen LogP contribution in [0.5, 0.6) is 0 Å². The third-order valence-electron chi connectivity index (χ3n) is 5.14. The summed E-state index contributed by atoms with van der Waals surface area (Å²) in [4.78, 5) is 33.0. The smallest absolute Gasteiger partial charge is 0.296 e. The molecule has 0 aliphatic carbocycles. The molecule has 0 bridgehead atoms. The summed E-state index contributed by atoms with van der Waals surface area (Å²) in [5, 5.41) is 0.979. The number of hydrogen-bond acceptors (Lipinski definition) is 4. The van der Waals surface area contributed by atoms with E-state index >= 15 is 0 Å². The molecule has 30 heavy (non-hydrogen) atoms. The average Bonchev–Trinajstić information content (AvgIpc) is 3.02. The van der Waals surface area contributed by atoms with Crippen LogP contribution in [-0.4, -0.2) is 10.9 Å². The molecule has 1 atom stereocenters. The maximum absolute atomic E-state index is 13.5. The Bertz CT molecular complexity index is 1380. The summed E-state index contributed by atoms with van der Waals surface area (Å²) in [5.41, 5.74) is 1.94. The number of benzene rings is 2. The minimum atomic E-state index is -0.668. The van der Waals surface area contributed by atoms with Gasteiger partial charge in [0.25, 0.3) is 5.91 Å². The minimum absolute atomic E-state index is 0.0399. The van der Waals surface area contributed by atoms with Crippen molar-refractivity contribution in [3.05, 3.63) is 103 Å². The quantitative estimate of drug-likeness (QED) is 0.370. The molecular weight excluding hydrogens is 468 g/mol. The lowest BCUT2D eigenvalue weighted by molar-refractivity contribution is 0.0970. The molecule has 0 spiro atoms. The van der Waals surface area contributed by atoms with Crippen molar-refractivity contribution in [1.29, 1.82) is 0 Å². The lowest BCUT2D eigenvalue weighted by Crippen LogP contribution is -2.30. The highest BCUT2D eigenvalue weighted by Crippen LogP contribution is 2.41. The van der Waals surface area contributed by atoms with Gasteiger partial charge in [-0.1, -0.05) is 45.7 Å². The van der Waals surface area contributed by atoms with Crippen LogP contribution in [0.15, 0.2) is 74.3 Å². The van der Waals surface area contributed by atoms with Crippen LogP contribution >= 0.6 is 27.5 Å². The molecule has 0 saturated carbocycles. The van der Waals surface area contributed by atoms with E-state index < -0.39 is 11.9 Å². The molecule has 1 aliphatic heterocycles. The highest BCUT2D eigenvalue weighted by molar-refractivity contribution is 9.10. The van der Waals surface area contributed by atoms with Gasteiger partial charge < -0.3 is 4.42 Å². The summed E-state index contributed by atoms with van der Waals surface area (Å²) in [7, 11) is 0. The zero-order valence-corrected chi connectivity index (χ0v) is 18.1. The number of rotatable bonds is 2. The van der Waals surface area contributed by atoms with E-state index in [0.717, 1.165) is 15.7 Å². The molecule has 0 saturated heterocycles. The maximum atomic E-state index is 13.5. The van der Waals surface area contributed by atoms with Gasteiger partial charge in [0.15, 0.2) is 5.43 Å². The number of aryl methyl sites for hydroxylation is 1. The molecule has 7 heteroatoms. The number of amides is 1. The van der Waals surface area contributed by atoms with Crippen LogP contribution in [0, 0.1) is 6.92 Å². The highest BCUT2D eigenvalue weighted by atomic mass is 79.9. The monoisotopic (exact) mass is 480 g/mol. The molecule has 2 aromatic carbocycles. The summed E-state index contributed by atoms with van der Waals surface area (Å²) in [6, 6.07) is 17.0. The van der Waals surface area contributed by atoms with Gasteiger partial charge in [0.05, 0.1) is 17.0 Å². The van der Waals surface area contributed by atoms with Crippen molar-refractivity contribution in [3.8, 4) is 0 Å². The molecule has 5 rings (SSSR count). The fourth-order valence-corrected chi connectivity index (χ4v) is 4.29. The highest BCUT2D eigenvalue weighted by Gasteiger charge is 2.44. The number of carbonyl (C=O) groups is 1. The number of hydrogen-bond donors (Lipinski definition) is 0. The Kier molecular flexibility index (Phi) is 4.49. The van der Waals surface area contributed by atoms with E-state index in [4.69, 9.17) is 16.0 Å². The number of halogens is 2. The number of anilines is 1. The van der Waals surface area contributed by atoms with E-state index in [1.54, 1.807) is 36.4 Å². The van der Waals surface area contributed by atoms with Gasteiger partial charge >= 0.3 is 0 Å². The molecule has 0 radical (unpaired) electrons. The van der Waals surface area contributed by atoms with Crippen LogP contribution < -0.4 is 10.3 Å². The summed E-state index contributed by atoms with van der Waals surface area (Å²) in [6.07, 6.45) is 0. The molecule has 5 nitrogen and oxygen atoms in total.